The maximum atomic E-state index is 10.8. The molecule has 0 aliphatic rings. The summed E-state index contributed by atoms with van der Waals surface area (Å²) in [7, 11) is 1.31. The lowest BCUT2D eigenvalue weighted by molar-refractivity contribution is -0.146. The summed E-state index contributed by atoms with van der Waals surface area (Å²) >= 11 is 0. The highest BCUT2D eigenvalue weighted by atomic mass is 16.6. The Morgan fingerprint density at radius 3 is 1.03 bits per heavy atom. The van der Waals surface area contributed by atoms with Crippen LogP contribution in [0.25, 0.3) is 0 Å². The van der Waals surface area contributed by atoms with Gasteiger partial charge in [0.25, 0.3) is 0 Å². The molecule has 0 rings (SSSR count). The minimum absolute atomic E-state index is 0.0636. The van der Waals surface area contributed by atoms with Gasteiger partial charge in [0.15, 0.2) is 0 Å². The average Bonchev–Trinajstić information content (AvgIpc) is 2.76. The molecule has 0 atom stereocenters. The zero-order valence-electron chi connectivity index (χ0n) is 18.2. The summed E-state index contributed by atoms with van der Waals surface area (Å²) in [5, 5.41) is 0. The molecule has 0 aliphatic carbocycles. The molecule has 0 radical (unpaired) electrons. The number of carbonyl (C=O) groups is 1. The van der Waals surface area contributed by atoms with Crippen LogP contribution in [0.2, 0.25) is 0 Å². The van der Waals surface area contributed by atoms with E-state index in [1.54, 1.807) is 0 Å². The van der Waals surface area contributed by atoms with Gasteiger partial charge in [0.05, 0.1) is 106 Å². The molecule has 0 aromatic carbocycles. The molecule has 0 heterocycles. The van der Waals surface area contributed by atoms with Gasteiger partial charge in [-0.1, -0.05) is 0 Å². The first kappa shape index (κ1) is 29.1. The molecule has 2 N–H and O–H groups in total. The number of rotatable bonds is 25. The molecule has 0 bridgehead atoms. The predicted octanol–water partition coefficient (Wildman–Crippen LogP) is -0.749. The lowest BCUT2D eigenvalue weighted by Crippen LogP contribution is -2.16. The third-order valence-corrected chi connectivity index (χ3v) is 3.31. The van der Waals surface area contributed by atoms with E-state index in [4.69, 9.17) is 43.6 Å². The zero-order valence-corrected chi connectivity index (χ0v) is 18.2. The van der Waals surface area contributed by atoms with Gasteiger partial charge in [-0.2, -0.15) is 0 Å². The molecule has 0 unspecified atom stereocenters. The van der Waals surface area contributed by atoms with E-state index >= 15 is 0 Å². The number of hydrogen-bond donors (Lipinski definition) is 1. The van der Waals surface area contributed by atoms with Crippen molar-refractivity contribution in [3.05, 3.63) is 0 Å². The highest BCUT2D eigenvalue weighted by molar-refractivity contribution is 5.70. The summed E-state index contributed by atoms with van der Waals surface area (Å²) in [6.07, 6.45) is 0. The molecule has 0 fully saturated rings. The van der Waals surface area contributed by atoms with Crippen LogP contribution in [-0.2, 0) is 47.4 Å². The molecule has 0 amide bonds. The van der Waals surface area contributed by atoms with E-state index in [-0.39, 0.29) is 6.61 Å². The largest absolute Gasteiger partial charge is 0.467 e. The fraction of sp³-hybridized carbons (Fsp3) is 0.947. The average molecular weight is 442 g/mol. The predicted molar refractivity (Wildman–Crippen MR) is 108 cm³/mol. The van der Waals surface area contributed by atoms with Gasteiger partial charge in [-0.3, -0.25) is 0 Å². The maximum Gasteiger partial charge on any atom is 0.331 e. The smallest absolute Gasteiger partial charge is 0.331 e. The van der Waals surface area contributed by atoms with E-state index in [0.717, 1.165) is 0 Å². The number of hydrogen-bond acceptors (Lipinski definition) is 11. The van der Waals surface area contributed by atoms with Crippen molar-refractivity contribution < 1.29 is 47.4 Å². The second-order valence-electron chi connectivity index (χ2n) is 5.70. The Balaban J connectivity index is 3.01. The molecular weight excluding hydrogens is 402 g/mol. The summed E-state index contributed by atoms with van der Waals surface area (Å²) in [5.41, 5.74) is 5.30. The van der Waals surface area contributed by atoms with Crippen LogP contribution < -0.4 is 5.73 Å². The summed E-state index contributed by atoms with van der Waals surface area (Å²) in [4.78, 5) is 10.8. The third-order valence-electron chi connectivity index (χ3n) is 3.31. The van der Waals surface area contributed by atoms with E-state index in [1.165, 1.54) is 7.11 Å². The second-order valence-corrected chi connectivity index (χ2v) is 5.70. The van der Waals surface area contributed by atoms with Crippen LogP contribution in [0.5, 0.6) is 0 Å². The molecule has 180 valence electrons. The Bertz CT molecular complexity index is 349. The van der Waals surface area contributed by atoms with Crippen molar-refractivity contribution in [2.75, 3.05) is 119 Å². The SMILES string of the molecule is COC(=O)COCCOCCOCCOCCOCCOCCOCCOCCN. The topological polar surface area (TPSA) is 126 Å². The van der Waals surface area contributed by atoms with Gasteiger partial charge in [0.2, 0.25) is 0 Å². The van der Waals surface area contributed by atoms with Crippen LogP contribution >= 0.6 is 0 Å². The molecule has 0 aliphatic heterocycles. The van der Waals surface area contributed by atoms with E-state index in [2.05, 4.69) is 4.74 Å². The van der Waals surface area contributed by atoms with E-state index in [0.29, 0.717) is 106 Å². The first-order valence-electron chi connectivity index (χ1n) is 10.2. The van der Waals surface area contributed by atoms with Crippen LogP contribution in [0.3, 0.4) is 0 Å². The molecule has 11 nitrogen and oxygen atoms in total. The van der Waals surface area contributed by atoms with Gasteiger partial charge in [-0.05, 0) is 0 Å². The third kappa shape index (κ3) is 25.1. The number of methoxy groups -OCH3 is 1. The van der Waals surface area contributed by atoms with Gasteiger partial charge in [0.1, 0.15) is 6.61 Å². The number of carbonyl (C=O) groups excluding carboxylic acids is 1. The van der Waals surface area contributed by atoms with Crippen LogP contribution in [0, 0.1) is 0 Å². The number of nitrogens with two attached hydrogens (primary N) is 1. The molecule has 11 heteroatoms. The van der Waals surface area contributed by atoms with Crippen LogP contribution in [0.1, 0.15) is 0 Å². The maximum absolute atomic E-state index is 10.8. The number of esters is 1. The number of ether oxygens (including phenoxy) is 9. The molecule has 0 aromatic rings. The van der Waals surface area contributed by atoms with Gasteiger partial charge < -0.3 is 48.4 Å². The molecule has 0 saturated heterocycles. The van der Waals surface area contributed by atoms with Crippen molar-refractivity contribution in [1.29, 1.82) is 0 Å². The molecular formula is C19H39NO10. The zero-order chi connectivity index (χ0) is 22.0. The minimum Gasteiger partial charge on any atom is -0.467 e. The summed E-state index contributed by atoms with van der Waals surface area (Å²) in [6, 6.07) is 0. The Kier molecular flexibility index (Phi) is 25.4. The lowest BCUT2D eigenvalue weighted by Gasteiger charge is -2.08. The second kappa shape index (κ2) is 26.1. The molecule has 0 aromatic heterocycles. The van der Waals surface area contributed by atoms with Gasteiger partial charge in [0, 0.05) is 6.54 Å². The van der Waals surface area contributed by atoms with Crippen molar-refractivity contribution in [1.82, 2.24) is 0 Å². The highest BCUT2D eigenvalue weighted by Gasteiger charge is 1.99. The Hall–Kier alpha value is -0.890. The Labute approximate surface area is 179 Å². The van der Waals surface area contributed by atoms with E-state index in [9.17, 15) is 4.79 Å². The molecule has 0 saturated carbocycles. The molecule has 30 heavy (non-hydrogen) atoms. The standard InChI is InChI=1S/C19H39NO10/c1-22-19(21)18-30-17-16-29-15-14-28-13-12-27-11-10-26-9-8-25-7-6-24-5-4-23-3-2-20/h2-18,20H2,1H3. The van der Waals surface area contributed by atoms with Crippen LogP contribution in [0.4, 0.5) is 0 Å². The summed E-state index contributed by atoms with van der Waals surface area (Å²) in [5.74, 6) is -0.403. The highest BCUT2D eigenvalue weighted by Crippen LogP contribution is 1.86. The van der Waals surface area contributed by atoms with E-state index < -0.39 is 5.97 Å². The van der Waals surface area contributed by atoms with Crippen molar-refractivity contribution in [3.8, 4) is 0 Å². The fourth-order valence-corrected chi connectivity index (χ4v) is 1.84. The van der Waals surface area contributed by atoms with Crippen molar-refractivity contribution in [2.24, 2.45) is 5.73 Å². The summed E-state index contributed by atoms with van der Waals surface area (Å²) < 4.78 is 46.8. The van der Waals surface area contributed by atoms with Crippen LogP contribution in [-0.4, -0.2) is 125 Å². The Morgan fingerprint density at radius 1 is 0.500 bits per heavy atom. The van der Waals surface area contributed by atoms with Crippen LogP contribution in [0.15, 0.2) is 0 Å². The Morgan fingerprint density at radius 2 is 0.767 bits per heavy atom. The van der Waals surface area contributed by atoms with Gasteiger partial charge in [-0.25, -0.2) is 4.79 Å². The normalized spacial score (nSPS) is 11.1. The quantitative estimate of drug-likeness (QED) is 0.142. The minimum atomic E-state index is -0.403. The van der Waals surface area contributed by atoms with E-state index in [1.807, 2.05) is 0 Å². The fourth-order valence-electron chi connectivity index (χ4n) is 1.84. The monoisotopic (exact) mass is 441 g/mol. The molecule has 0 spiro atoms. The summed E-state index contributed by atoms with van der Waals surface area (Å²) in [6.45, 7) is 7.85. The lowest BCUT2D eigenvalue weighted by atomic mass is 10.6. The van der Waals surface area contributed by atoms with Gasteiger partial charge in [-0.15, -0.1) is 0 Å². The first-order chi connectivity index (χ1) is 14.8. The van der Waals surface area contributed by atoms with Crippen molar-refractivity contribution in [3.63, 3.8) is 0 Å². The van der Waals surface area contributed by atoms with Gasteiger partial charge >= 0.3 is 5.97 Å². The first-order valence-corrected chi connectivity index (χ1v) is 10.2. The van der Waals surface area contributed by atoms with Crippen molar-refractivity contribution >= 4 is 5.97 Å². The van der Waals surface area contributed by atoms with Crippen molar-refractivity contribution in [2.45, 2.75) is 0 Å².